The highest BCUT2D eigenvalue weighted by molar-refractivity contribution is 5.93. The molecule has 0 radical (unpaired) electrons. The summed E-state index contributed by atoms with van der Waals surface area (Å²) in [7, 11) is 0. The van der Waals surface area contributed by atoms with Crippen LogP contribution in [0.4, 0.5) is 11.5 Å². The predicted octanol–water partition coefficient (Wildman–Crippen LogP) is 5.49. The number of nitrogens with zero attached hydrogens (tertiary/aromatic N) is 3. The number of amides is 1. The largest absolute Gasteiger partial charge is 0.463 e. The van der Waals surface area contributed by atoms with Crippen LogP contribution in [0.2, 0.25) is 0 Å². The van der Waals surface area contributed by atoms with E-state index in [1.54, 1.807) is 0 Å². The van der Waals surface area contributed by atoms with Crippen LogP contribution in [0.3, 0.4) is 0 Å². The minimum Gasteiger partial charge on any atom is -0.463 e. The predicted molar refractivity (Wildman–Crippen MR) is 135 cm³/mol. The minimum absolute atomic E-state index is 0.193. The molecule has 178 valence electrons. The first-order chi connectivity index (χ1) is 16.0. The van der Waals surface area contributed by atoms with Gasteiger partial charge in [0.25, 0.3) is 0 Å². The van der Waals surface area contributed by atoms with Crippen molar-refractivity contribution in [1.29, 1.82) is 0 Å². The minimum atomic E-state index is 0.193. The molecular formula is C26H37N5O2. The molecule has 33 heavy (non-hydrogen) atoms. The average Bonchev–Trinajstić information content (AvgIpc) is 3.21. The molecule has 0 aliphatic heterocycles. The highest BCUT2D eigenvalue weighted by Crippen LogP contribution is 2.26. The van der Waals surface area contributed by atoms with Gasteiger partial charge in [-0.15, -0.1) is 0 Å². The zero-order valence-electron chi connectivity index (χ0n) is 20.4. The molecule has 0 aliphatic rings. The Labute approximate surface area is 196 Å². The first kappa shape index (κ1) is 24.6. The van der Waals surface area contributed by atoms with E-state index in [2.05, 4.69) is 54.8 Å². The van der Waals surface area contributed by atoms with Crippen LogP contribution in [0.15, 0.2) is 30.5 Å². The second kappa shape index (κ2) is 11.7. The number of nitrogens with two attached hydrogens (primary N) is 1. The molecule has 2 aromatic heterocycles. The Bertz CT molecular complexity index is 1040. The number of fused-ring (bicyclic) bond motifs is 1. The fourth-order valence-electron chi connectivity index (χ4n) is 3.75. The van der Waals surface area contributed by atoms with Crippen molar-refractivity contribution in [3.63, 3.8) is 0 Å². The lowest BCUT2D eigenvalue weighted by Crippen LogP contribution is -2.32. The Morgan fingerprint density at radius 1 is 1.15 bits per heavy atom. The van der Waals surface area contributed by atoms with E-state index >= 15 is 0 Å². The van der Waals surface area contributed by atoms with Crippen LogP contribution < -0.4 is 15.4 Å². The number of hydrogen-bond donors (Lipinski definition) is 2. The van der Waals surface area contributed by atoms with E-state index in [4.69, 9.17) is 10.5 Å². The summed E-state index contributed by atoms with van der Waals surface area (Å²) in [6.07, 6.45) is 7.13. The average molecular weight is 452 g/mol. The smallest absolute Gasteiger partial charge is 0.319 e. The number of nitrogen functional groups attached to an aromatic ring is 1. The monoisotopic (exact) mass is 451 g/mol. The summed E-state index contributed by atoms with van der Waals surface area (Å²) in [5.74, 6) is 0.977. The molecule has 0 spiro atoms. The van der Waals surface area contributed by atoms with Crippen LogP contribution in [0.25, 0.3) is 11.0 Å². The summed E-state index contributed by atoms with van der Waals surface area (Å²) < 4.78 is 5.68. The van der Waals surface area contributed by atoms with Crippen LogP contribution in [0, 0.1) is 5.92 Å². The van der Waals surface area contributed by atoms with Gasteiger partial charge in [0.1, 0.15) is 11.0 Å². The molecule has 1 atom stereocenters. The van der Waals surface area contributed by atoms with Crippen molar-refractivity contribution in [2.24, 2.45) is 5.92 Å². The zero-order valence-corrected chi connectivity index (χ0v) is 20.4. The van der Waals surface area contributed by atoms with E-state index in [9.17, 15) is 4.79 Å². The number of aromatic amines is 1. The molecule has 0 bridgehead atoms. The number of nitrogens with one attached hydrogen (secondary N) is 1. The van der Waals surface area contributed by atoms with Gasteiger partial charge in [0, 0.05) is 36.8 Å². The first-order valence-electron chi connectivity index (χ1n) is 12.1. The highest BCUT2D eigenvalue weighted by Gasteiger charge is 2.18. The number of aromatic nitrogens is 3. The van der Waals surface area contributed by atoms with Crippen molar-refractivity contribution >= 4 is 28.4 Å². The number of ether oxygens (including phenoxy) is 1. The maximum atomic E-state index is 12.8. The van der Waals surface area contributed by atoms with Crippen LogP contribution in [0.5, 0.6) is 6.01 Å². The van der Waals surface area contributed by atoms with Gasteiger partial charge in [-0.2, -0.15) is 9.97 Å². The van der Waals surface area contributed by atoms with E-state index < -0.39 is 0 Å². The van der Waals surface area contributed by atoms with Gasteiger partial charge < -0.3 is 20.4 Å². The number of anilines is 2. The van der Waals surface area contributed by atoms with Gasteiger partial charge in [-0.1, -0.05) is 52.7 Å². The van der Waals surface area contributed by atoms with Crippen LogP contribution >= 0.6 is 0 Å². The second-order valence-corrected chi connectivity index (χ2v) is 8.74. The normalized spacial score (nSPS) is 12.1. The van der Waals surface area contributed by atoms with Gasteiger partial charge in [0.2, 0.25) is 5.91 Å². The number of carbonyl (C=O) groups is 1. The molecule has 3 aromatic rings. The molecule has 1 aromatic carbocycles. The summed E-state index contributed by atoms with van der Waals surface area (Å²) in [4.78, 5) is 26.8. The second-order valence-electron chi connectivity index (χ2n) is 8.74. The molecule has 0 aliphatic carbocycles. The lowest BCUT2D eigenvalue weighted by molar-refractivity contribution is -0.119. The maximum absolute atomic E-state index is 12.8. The van der Waals surface area contributed by atoms with E-state index in [1.165, 1.54) is 0 Å². The number of hydrogen-bond acceptors (Lipinski definition) is 5. The molecule has 3 rings (SSSR count). The van der Waals surface area contributed by atoms with Gasteiger partial charge in [-0.05, 0) is 36.5 Å². The quantitative estimate of drug-likeness (QED) is 0.355. The lowest BCUT2D eigenvalue weighted by Gasteiger charge is -2.24. The molecule has 0 fully saturated rings. The summed E-state index contributed by atoms with van der Waals surface area (Å²) in [5, 5.41) is 0. The number of H-pyrrole nitrogens is 1. The van der Waals surface area contributed by atoms with E-state index in [0.29, 0.717) is 37.2 Å². The third-order valence-electron chi connectivity index (χ3n) is 5.95. The standard InChI is InChI=1S/C26H37N5O2/c1-5-8-14-33-26-29-23-20(17-28-24(23)25(27)30-26)16-19-9-11-21(12-10-19)31(13-6-2)22(32)15-18(4)7-3/h9-12,17-18,28H,5-8,13-16H2,1-4H3,(H2,27,29,30). The molecule has 1 amide bonds. The SMILES string of the molecule is CCCCOc1nc(N)c2[nH]cc(Cc3ccc(N(CCC)C(=O)CC(C)CC)cc3)c2n1. The van der Waals surface area contributed by atoms with E-state index in [-0.39, 0.29) is 5.91 Å². The van der Waals surface area contributed by atoms with Crippen LogP contribution in [0.1, 0.15) is 70.9 Å². The van der Waals surface area contributed by atoms with Gasteiger partial charge in [0.05, 0.1) is 6.61 Å². The Balaban J connectivity index is 1.77. The van der Waals surface area contributed by atoms with Crippen molar-refractivity contribution in [2.75, 3.05) is 23.8 Å². The zero-order chi connectivity index (χ0) is 23.8. The molecule has 0 saturated heterocycles. The van der Waals surface area contributed by atoms with Gasteiger partial charge >= 0.3 is 6.01 Å². The Hall–Kier alpha value is -3.09. The Morgan fingerprint density at radius 3 is 2.58 bits per heavy atom. The lowest BCUT2D eigenvalue weighted by atomic mass is 10.0. The summed E-state index contributed by atoms with van der Waals surface area (Å²) >= 11 is 0. The molecular weight excluding hydrogens is 414 g/mol. The van der Waals surface area contributed by atoms with Crippen molar-refractivity contribution in [3.8, 4) is 6.01 Å². The fourth-order valence-corrected chi connectivity index (χ4v) is 3.75. The third kappa shape index (κ3) is 6.24. The van der Waals surface area contributed by atoms with E-state index in [1.807, 2.05) is 23.2 Å². The van der Waals surface area contributed by atoms with Gasteiger partial charge in [0.15, 0.2) is 5.82 Å². The number of benzene rings is 1. The topological polar surface area (TPSA) is 97.1 Å². The number of carbonyl (C=O) groups excluding carboxylic acids is 1. The third-order valence-corrected chi connectivity index (χ3v) is 5.95. The molecule has 0 saturated carbocycles. The molecule has 1 unspecified atom stereocenters. The number of unbranched alkanes of at least 4 members (excludes halogenated alkanes) is 1. The summed E-state index contributed by atoms with van der Waals surface area (Å²) in [6.45, 7) is 9.77. The Kier molecular flexibility index (Phi) is 8.69. The molecule has 2 heterocycles. The number of rotatable bonds is 12. The highest BCUT2D eigenvalue weighted by atomic mass is 16.5. The Morgan fingerprint density at radius 2 is 1.91 bits per heavy atom. The van der Waals surface area contributed by atoms with Gasteiger partial charge in [-0.25, -0.2) is 0 Å². The van der Waals surface area contributed by atoms with Crippen molar-refractivity contribution in [2.45, 2.75) is 66.2 Å². The van der Waals surface area contributed by atoms with Crippen molar-refractivity contribution < 1.29 is 9.53 Å². The van der Waals surface area contributed by atoms with Crippen molar-refractivity contribution in [1.82, 2.24) is 15.0 Å². The first-order valence-corrected chi connectivity index (χ1v) is 12.1. The molecule has 7 nitrogen and oxygen atoms in total. The van der Waals surface area contributed by atoms with Crippen LogP contribution in [-0.4, -0.2) is 34.0 Å². The maximum Gasteiger partial charge on any atom is 0.319 e. The fraction of sp³-hybridized carbons (Fsp3) is 0.500. The molecule has 7 heteroatoms. The van der Waals surface area contributed by atoms with Crippen molar-refractivity contribution in [3.05, 3.63) is 41.6 Å². The van der Waals surface area contributed by atoms with Crippen LogP contribution in [-0.2, 0) is 11.2 Å². The van der Waals surface area contributed by atoms with E-state index in [0.717, 1.165) is 60.1 Å². The summed E-state index contributed by atoms with van der Waals surface area (Å²) in [5.41, 5.74) is 10.8. The summed E-state index contributed by atoms with van der Waals surface area (Å²) in [6, 6.07) is 8.56. The van der Waals surface area contributed by atoms with Gasteiger partial charge in [-0.3, -0.25) is 4.79 Å². The molecule has 3 N–H and O–H groups in total.